The van der Waals surface area contributed by atoms with Gasteiger partial charge in [0.2, 0.25) is 0 Å². The number of thiophene rings is 1. The molecule has 2 N–H and O–H groups in total. The van der Waals surface area contributed by atoms with E-state index in [2.05, 4.69) is 26.6 Å². The zero-order chi connectivity index (χ0) is 20.2. The van der Waals surface area contributed by atoms with Gasteiger partial charge in [-0.15, -0.1) is 11.3 Å². The summed E-state index contributed by atoms with van der Waals surface area (Å²) >= 11 is 4.76. The molecule has 0 aliphatic rings. The van der Waals surface area contributed by atoms with Gasteiger partial charge in [0.15, 0.2) is 5.76 Å². The smallest absolute Gasteiger partial charge is 0.291 e. The monoisotopic (exact) mass is 466 g/mol. The molecule has 2 heterocycles. The van der Waals surface area contributed by atoms with Crippen LogP contribution in [0.15, 0.2) is 87.1 Å². The van der Waals surface area contributed by atoms with Gasteiger partial charge in [0.05, 0.1) is 4.88 Å². The first-order valence-corrected chi connectivity index (χ1v) is 10.4. The Morgan fingerprint density at radius 1 is 0.828 bits per heavy atom. The van der Waals surface area contributed by atoms with E-state index in [1.54, 1.807) is 42.5 Å². The van der Waals surface area contributed by atoms with E-state index in [1.165, 1.54) is 11.3 Å². The minimum absolute atomic E-state index is 0.186. The minimum atomic E-state index is -0.366. The summed E-state index contributed by atoms with van der Waals surface area (Å²) in [6, 6.07) is 21.6. The van der Waals surface area contributed by atoms with Gasteiger partial charge in [0, 0.05) is 21.4 Å². The first-order valence-electron chi connectivity index (χ1n) is 8.70. The van der Waals surface area contributed by atoms with Crippen molar-refractivity contribution in [3.63, 3.8) is 0 Å². The van der Waals surface area contributed by atoms with E-state index < -0.39 is 0 Å². The number of amides is 2. The summed E-state index contributed by atoms with van der Waals surface area (Å²) in [5, 5.41) is 7.46. The number of furan rings is 1. The minimum Gasteiger partial charge on any atom is -0.451 e. The van der Waals surface area contributed by atoms with E-state index in [0.717, 1.165) is 10.0 Å². The van der Waals surface area contributed by atoms with Crippen LogP contribution in [0.4, 0.5) is 11.4 Å². The van der Waals surface area contributed by atoms with E-state index >= 15 is 0 Å². The van der Waals surface area contributed by atoms with Crippen molar-refractivity contribution in [1.82, 2.24) is 0 Å². The summed E-state index contributed by atoms with van der Waals surface area (Å²) in [4.78, 5) is 25.3. The van der Waals surface area contributed by atoms with Gasteiger partial charge >= 0.3 is 0 Å². The maximum atomic E-state index is 12.5. The average Bonchev–Trinajstić information content (AvgIpc) is 3.41. The summed E-state index contributed by atoms with van der Waals surface area (Å²) in [7, 11) is 0. The van der Waals surface area contributed by atoms with Gasteiger partial charge in [-0.25, -0.2) is 0 Å². The molecule has 0 saturated heterocycles. The molecule has 0 aliphatic heterocycles. The largest absolute Gasteiger partial charge is 0.451 e. The second-order valence-corrected chi connectivity index (χ2v) is 8.00. The van der Waals surface area contributed by atoms with E-state index in [4.69, 9.17) is 4.42 Å². The van der Waals surface area contributed by atoms with Crippen molar-refractivity contribution in [2.75, 3.05) is 10.6 Å². The molecule has 0 radical (unpaired) electrons. The fourth-order valence-electron chi connectivity index (χ4n) is 2.70. The maximum absolute atomic E-state index is 12.5. The number of anilines is 2. The molecule has 0 saturated carbocycles. The summed E-state index contributed by atoms with van der Waals surface area (Å²) < 4.78 is 6.66. The molecule has 0 unspecified atom stereocenters. The van der Waals surface area contributed by atoms with Crippen LogP contribution >= 0.6 is 27.3 Å². The van der Waals surface area contributed by atoms with Gasteiger partial charge in [-0.05, 0) is 53.9 Å². The van der Waals surface area contributed by atoms with Crippen molar-refractivity contribution >= 4 is 50.5 Å². The molecule has 0 atom stereocenters. The maximum Gasteiger partial charge on any atom is 0.291 e. The van der Waals surface area contributed by atoms with E-state index in [1.807, 2.05) is 35.7 Å². The lowest BCUT2D eigenvalue weighted by atomic mass is 10.2. The fourth-order valence-corrected chi connectivity index (χ4v) is 3.58. The van der Waals surface area contributed by atoms with Crippen molar-refractivity contribution in [3.8, 4) is 11.3 Å². The summed E-state index contributed by atoms with van der Waals surface area (Å²) in [5.41, 5.74) is 2.03. The van der Waals surface area contributed by atoms with Crippen molar-refractivity contribution in [3.05, 3.63) is 93.3 Å². The molecule has 0 bridgehead atoms. The Bertz CT molecular complexity index is 1150. The molecule has 4 rings (SSSR count). The number of hydrogen-bond donors (Lipinski definition) is 2. The highest BCUT2D eigenvalue weighted by molar-refractivity contribution is 9.10. The van der Waals surface area contributed by atoms with Crippen molar-refractivity contribution < 1.29 is 14.0 Å². The lowest BCUT2D eigenvalue weighted by Crippen LogP contribution is -2.12. The van der Waals surface area contributed by atoms with Crippen LogP contribution in [0.5, 0.6) is 0 Å². The molecule has 0 spiro atoms. The number of carbonyl (C=O) groups excluding carboxylic acids is 2. The summed E-state index contributed by atoms with van der Waals surface area (Å²) in [6.45, 7) is 0. The average molecular weight is 467 g/mol. The Balaban J connectivity index is 1.45. The summed E-state index contributed by atoms with van der Waals surface area (Å²) in [6.07, 6.45) is 0. The van der Waals surface area contributed by atoms with E-state index in [9.17, 15) is 9.59 Å². The first-order chi connectivity index (χ1) is 14.1. The van der Waals surface area contributed by atoms with Gasteiger partial charge in [-0.2, -0.15) is 0 Å². The normalized spacial score (nSPS) is 10.5. The molecule has 2 aromatic heterocycles. The van der Waals surface area contributed by atoms with Crippen molar-refractivity contribution in [2.24, 2.45) is 0 Å². The number of carbonyl (C=O) groups is 2. The molecule has 29 heavy (non-hydrogen) atoms. The predicted octanol–water partition coefficient (Wildman–Crippen LogP) is 6.28. The third-order valence-corrected chi connectivity index (χ3v) is 5.48. The van der Waals surface area contributed by atoms with Gasteiger partial charge in [-0.1, -0.05) is 40.2 Å². The van der Waals surface area contributed by atoms with Crippen LogP contribution in [0.1, 0.15) is 20.2 Å². The molecule has 7 heteroatoms. The van der Waals surface area contributed by atoms with E-state index in [0.29, 0.717) is 22.0 Å². The van der Waals surface area contributed by atoms with Gasteiger partial charge in [0.25, 0.3) is 11.8 Å². The summed E-state index contributed by atoms with van der Waals surface area (Å²) in [5.74, 6) is 0.263. The molecular formula is C22H15BrN2O3S. The Labute approximate surface area is 179 Å². The molecule has 4 aromatic rings. The van der Waals surface area contributed by atoms with Crippen LogP contribution in [0.2, 0.25) is 0 Å². The van der Waals surface area contributed by atoms with Crippen LogP contribution in [0.25, 0.3) is 11.3 Å². The van der Waals surface area contributed by atoms with Crippen molar-refractivity contribution in [1.29, 1.82) is 0 Å². The van der Waals surface area contributed by atoms with Crippen LogP contribution in [-0.4, -0.2) is 11.8 Å². The van der Waals surface area contributed by atoms with Crippen LogP contribution in [0.3, 0.4) is 0 Å². The lowest BCUT2D eigenvalue weighted by Gasteiger charge is -2.07. The van der Waals surface area contributed by atoms with Crippen LogP contribution in [0, 0.1) is 0 Å². The van der Waals surface area contributed by atoms with Gasteiger partial charge in [0.1, 0.15) is 5.76 Å². The highest BCUT2D eigenvalue weighted by Crippen LogP contribution is 2.25. The molecule has 0 fully saturated rings. The standard InChI is InChI=1S/C22H15BrN2O3S/c23-15-8-6-14(7-9-15)18-10-11-19(28-18)21(26)24-16-3-1-4-17(13-16)25-22(27)20-5-2-12-29-20/h1-13H,(H,24,26)(H,25,27). The lowest BCUT2D eigenvalue weighted by molar-refractivity contribution is 0.0996. The molecule has 144 valence electrons. The first kappa shape index (κ1) is 19.2. The highest BCUT2D eigenvalue weighted by atomic mass is 79.9. The Kier molecular flexibility index (Phi) is 5.59. The van der Waals surface area contributed by atoms with Gasteiger partial charge in [-0.3, -0.25) is 9.59 Å². The third kappa shape index (κ3) is 4.64. The topological polar surface area (TPSA) is 71.3 Å². The molecule has 2 aromatic carbocycles. The zero-order valence-electron chi connectivity index (χ0n) is 15.0. The Morgan fingerprint density at radius 2 is 1.55 bits per heavy atom. The van der Waals surface area contributed by atoms with Crippen molar-refractivity contribution in [2.45, 2.75) is 0 Å². The van der Waals surface area contributed by atoms with Crippen LogP contribution < -0.4 is 10.6 Å². The second-order valence-electron chi connectivity index (χ2n) is 6.14. The predicted molar refractivity (Wildman–Crippen MR) is 119 cm³/mol. The molecule has 5 nitrogen and oxygen atoms in total. The Hall–Kier alpha value is -3.16. The second kappa shape index (κ2) is 8.46. The number of hydrogen-bond acceptors (Lipinski definition) is 4. The number of nitrogens with one attached hydrogen (secondary N) is 2. The fraction of sp³-hybridized carbons (Fsp3) is 0. The van der Waals surface area contributed by atoms with E-state index in [-0.39, 0.29) is 17.6 Å². The molecular weight excluding hydrogens is 452 g/mol. The SMILES string of the molecule is O=C(Nc1cccc(NC(=O)c2cccs2)c1)c1ccc(-c2ccc(Br)cc2)o1. The highest BCUT2D eigenvalue weighted by Gasteiger charge is 2.13. The Morgan fingerprint density at radius 3 is 2.24 bits per heavy atom. The van der Waals surface area contributed by atoms with Crippen LogP contribution in [-0.2, 0) is 0 Å². The quantitative estimate of drug-likeness (QED) is 0.363. The number of benzene rings is 2. The molecule has 0 aliphatic carbocycles. The third-order valence-electron chi connectivity index (χ3n) is 4.08. The zero-order valence-corrected chi connectivity index (χ0v) is 17.4. The molecule has 2 amide bonds. The number of halogens is 1. The number of rotatable bonds is 5. The van der Waals surface area contributed by atoms with Gasteiger partial charge < -0.3 is 15.1 Å².